The van der Waals surface area contributed by atoms with Gasteiger partial charge in [0.1, 0.15) is 0 Å². The molecule has 0 aliphatic heterocycles. The van der Waals surface area contributed by atoms with E-state index in [1.165, 1.54) is 0 Å². The Bertz CT molecular complexity index is 894. The van der Waals surface area contributed by atoms with E-state index in [-0.39, 0.29) is 37.1 Å². The van der Waals surface area contributed by atoms with E-state index >= 15 is 0 Å². The smallest absolute Gasteiger partial charge is 0.232 e. The predicted octanol–water partition coefficient (Wildman–Crippen LogP) is 3.01. The third kappa shape index (κ3) is 8.25. The molecule has 0 spiro atoms. The van der Waals surface area contributed by atoms with Gasteiger partial charge in [0.25, 0.3) is 0 Å². The van der Waals surface area contributed by atoms with Crippen LogP contribution in [0.15, 0.2) is 54.6 Å². The molecular weight excluding hydrogens is 445 g/mol. The number of nitrogen functional groups attached to an aromatic ring is 1. The summed E-state index contributed by atoms with van der Waals surface area (Å²) in [5.74, 6) is 0.252. The van der Waals surface area contributed by atoms with E-state index < -0.39 is 6.10 Å². The highest BCUT2D eigenvalue weighted by Crippen LogP contribution is 2.13. The molecule has 1 amide bonds. The van der Waals surface area contributed by atoms with Crippen molar-refractivity contribution in [2.45, 2.75) is 18.9 Å². The van der Waals surface area contributed by atoms with E-state index in [0.717, 1.165) is 41.3 Å². The number of hydrogen-bond acceptors (Lipinski definition) is 7. The van der Waals surface area contributed by atoms with E-state index in [4.69, 9.17) is 5.73 Å². The Morgan fingerprint density at radius 2 is 1.80 bits per heavy atom. The number of aliphatic hydroxyl groups excluding tert-OH is 1. The van der Waals surface area contributed by atoms with Crippen LogP contribution in [-0.4, -0.2) is 33.5 Å². The lowest BCUT2D eigenvalue weighted by molar-refractivity contribution is -0.115. The molecule has 5 N–H and O–H groups in total. The minimum Gasteiger partial charge on any atom is -0.387 e. The number of nitrogens with one attached hydrogen (secondary N) is 2. The minimum atomic E-state index is -0.513. The lowest BCUT2D eigenvalue weighted by Crippen LogP contribution is -2.23. The number of aromatic nitrogens is 2. The van der Waals surface area contributed by atoms with Gasteiger partial charge in [-0.15, -0.1) is 24.8 Å². The molecule has 0 aliphatic rings. The molecular formula is C20H25Cl2N5O2S. The molecule has 1 unspecified atom stereocenters. The van der Waals surface area contributed by atoms with Gasteiger partial charge in [-0.1, -0.05) is 42.5 Å². The van der Waals surface area contributed by atoms with Crippen LogP contribution in [0.5, 0.6) is 0 Å². The van der Waals surface area contributed by atoms with Crippen molar-refractivity contribution in [3.8, 4) is 0 Å². The van der Waals surface area contributed by atoms with Gasteiger partial charge in [-0.2, -0.15) is 4.37 Å². The van der Waals surface area contributed by atoms with Gasteiger partial charge in [0.15, 0.2) is 11.0 Å². The van der Waals surface area contributed by atoms with Crippen molar-refractivity contribution in [3.63, 3.8) is 0 Å². The number of nitrogens with two attached hydrogens (primary N) is 1. The van der Waals surface area contributed by atoms with E-state index in [1.54, 1.807) is 0 Å². The molecule has 3 aromatic rings. The molecule has 0 radical (unpaired) electrons. The Hall–Kier alpha value is -2.23. The van der Waals surface area contributed by atoms with Crippen molar-refractivity contribution in [2.24, 2.45) is 0 Å². The van der Waals surface area contributed by atoms with Crippen LogP contribution in [-0.2, 0) is 17.6 Å². The van der Waals surface area contributed by atoms with Crippen molar-refractivity contribution >= 4 is 53.1 Å². The zero-order chi connectivity index (χ0) is 19.8. The number of anilines is 2. The first-order valence-corrected chi connectivity index (χ1v) is 9.78. The Morgan fingerprint density at radius 1 is 1.10 bits per heavy atom. The van der Waals surface area contributed by atoms with Crippen molar-refractivity contribution in [3.05, 3.63) is 71.5 Å². The molecule has 0 fully saturated rings. The molecule has 0 aliphatic carbocycles. The zero-order valence-electron chi connectivity index (χ0n) is 16.2. The van der Waals surface area contributed by atoms with Crippen LogP contribution in [0, 0.1) is 0 Å². The SMILES string of the molecule is Cl.Cl.Nc1nc(CC(=O)Nc2ccc(CCNCC(O)c3ccccc3)cc2)ns1. The first-order valence-electron chi connectivity index (χ1n) is 9.01. The minimum absolute atomic E-state index is 0. The monoisotopic (exact) mass is 469 g/mol. The number of amides is 1. The summed E-state index contributed by atoms with van der Waals surface area (Å²) in [6.07, 6.45) is 0.419. The van der Waals surface area contributed by atoms with Crippen molar-refractivity contribution < 1.29 is 9.90 Å². The zero-order valence-corrected chi connectivity index (χ0v) is 18.6. The van der Waals surface area contributed by atoms with E-state index in [0.29, 0.717) is 17.5 Å². The number of aliphatic hydroxyl groups is 1. The van der Waals surface area contributed by atoms with E-state index in [1.807, 2.05) is 54.6 Å². The van der Waals surface area contributed by atoms with Crippen LogP contribution in [0.4, 0.5) is 10.8 Å². The molecule has 30 heavy (non-hydrogen) atoms. The second kappa shape index (κ2) is 13.1. The maximum absolute atomic E-state index is 12.0. The topological polar surface area (TPSA) is 113 Å². The standard InChI is InChI=1S/C20H23N5O2S.2ClH/c21-20-24-18(25-28-20)12-19(27)23-16-8-6-14(7-9-16)10-11-22-13-17(26)15-4-2-1-3-5-15;;/h1-9,17,22,26H,10-13H2,(H,23,27)(H2,21,24,25);2*1H. The normalized spacial score (nSPS) is 11.1. The molecule has 2 aromatic carbocycles. The summed E-state index contributed by atoms with van der Waals surface area (Å²) in [5, 5.41) is 16.6. The fourth-order valence-electron chi connectivity index (χ4n) is 2.71. The van der Waals surface area contributed by atoms with Crippen LogP contribution >= 0.6 is 36.3 Å². The molecule has 3 rings (SSSR count). The highest BCUT2D eigenvalue weighted by Gasteiger charge is 2.09. The second-order valence-electron chi connectivity index (χ2n) is 6.35. The third-order valence-electron chi connectivity index (χ3n) is 4.15. The summed E-state index contributed by atoms with van der Waals surface area (Å²) in [7, 11) is 0. The second-order valence-corrected chi connectivity index (χ2v) is 7.13. The fourth-order valence-corrected chi connectivity index (χ4v) is 3.16. The molecule has 0 bridgehead atoms. The number of halogens is 2. The first kappa shape index (κ1) is 25.8. The average Bonchev–Trinajstić information content (AvgIpc) is 3.11. The van der Waals surface area contributed by atoms with Gasteiger partial charge in [-0.05, 0) is 36.2 Å². The number of rotatable bonds is 9. The third-order valence-corrected chi connectivity index (χ3v) is 4.73. The molecule has 10 heteroatoms. The van der Waals surface area contributed by atoms with Crippen LogP contribution in [0.3, 0.4) is 0 Å². The number of nitrogens with zero attached hydrogens (tertiary/aromatic N) is 2. The van der Waals surface area contributed by atoms with Gasteiger partial charge in [-0.25, -0.2) is 4.98 Å². The lowest BCUT2D eigenvalue weighted by Gasteiger charge is -2.12. The Balaban J connectivity index is 0.00000225. The van der Waals surface area contributed by atoms with Crippen molar-refractivity contribution in [2.75, 3.05) is 24.1 Å². The molecule has 162 valence electrons. The summed E-state index contributed by atoms with van der Waals surface area (Å²) >= 11 is 1.08. The molecule has 7 nitrogen and oxygen atoms in total. The molecule has 1 aromatic heterocycles. The summed E-state index contributed by atoms with van der Waals surface area (Å²) in [4.78, 5) is 16.0. The van der Waals surface area contributed by atoms with Gasteiger partial charge < -0.3 is 21.5 Å². The average molecular weight is 470 g/mol. The van der Waals surface area contributed by atoms with Crippen LogP contribution in [0.1, 0.15) is 23.1 Å². The van der Waals surface area contributed by atoms with Gasteiger partial charge in [0.2, 0.25) is 5.91 Å². The summed E-state index contributed by atoms with van der Waals surface area (Å²) in [6, 6.07) is 17.3. The maximum atomic E-state index is 12.0. The van der Waals surface area contributed by atoms with E-state index in [2.05, 4.69) is 20.0 Å². The van der Waals surface area contributed by atoms with Gasteiger partial charge in [0.05, 0.1) is 12.5 Å². The molecule has 1 atom stereocenters. The van der Waals surface area contributed by atoms with Gasteiger partial charge in [0, 0.05) is 23.8 Å². The molecule has 0 saturated heterocycles. The molecule has 0 saturated carbocycles. The summed E-state index contributed by atoms with van der Waals surface area (Å²) < 4.78 is 4.00. The number of carbonyl (C=O) groups excluding carboxylic acids is 1. The van der Waals surface area contributed by atoms with Crippen molar-refractivity contribution in [1.82, 2.24) is 14.7 Å². The Labute approximate surface area is 192 Å². The number of hydrogen-bond donors (Lipinski definition) is 4. The van der Waals surface area contributed by atoms with Gasteiger partial charge >= 0.3 is 0 Å². The largest absolute Gasteiger partial charge is 0.387 e. The highest BCUT2D eigenvalue weighted by molar-refractivity contribution is 7.09. The van der Waals surface area contributed by atoms with Crippen LogP contribution < -0.4 is 16.4 Å². The Kier molecular flexibility index (Phi) is 11.3. The lowest BCUT2D eigenvalue weighted by atomic mass is 10.1. The summed E-state index contributed by atoms with van der Waals surface area (Å²) in [5.41, 5.74) is 8.29. The quantitative estimate of drug-likeness (QED) is 0.358. The molecule has 1 heterocycles. The predicted molar refractivity (Wildman–Crippen MR) is 126 cm³/mol. The van der Waals surface area contributed by atoms with Gasteiger partial charge in [-0.3, -0.25) is 4.79 Å². The Morgan fingerprint density at radius 3 is 2.43 bits per heavy atom. The summed E-state index contributed by atoms with van der Waals surface area (Å²) in [6.45, 7) is 1.26. The van der Waals surface area contributed by atoms with Crippen LogP contribution in [0.25, 0.3) is 0 Å². The van der Waals surface area contributed by atoms with E-state index in [9.17, 15) is 9.90 Å². The fraction of sp³-hybridized carbons (Fsp3) is 0.250. The first-order chi connectivity index (χ1) is 13.6. The number of carbonyl (C=O) groups is 1. The highest BCUT2D eigenvalue weighted by atomic mass is 35.5. The van der Waals surface area contributed by atoms with Crippen LogP contribution in [0.2, 0.25) is 0 Å². The maximum Gasteiger partial charge on any atom is 0.232 e. The number of benzene rings is 2. The van der Waals surface area contributed by atoms with Crippen molar-refractivity contribution in [1.29, 1.82) is 0 Å².